The molecule has 0 radical (unpaired) electrons. The maximum Gasteiger partial charge on any atom is 0.0141 e. The highest BCUT2D eigenvalue weighted by Crippen LogP contribution is 1.82. The zero-order valence-corrected chi connectivity index (χ0v) is 6.93. The maximum atomic E-state index is 3.19. The van der Waals surface area contributed by atoms with E-state index in [0.717, 1.165) is 6.54 Å². The molecule has 1 nitrogen and oxygen atoms in total. The number of hydrogen-bond acceptors (Lipinski definition) is 1. The number of rotatable bonds is 5. The summed E-state index contributed by atoms with van der Waals surface area (Å²) in [4.78, 5) is 0. The summed E-state index contributed by atoms with van der Waals surface area (Å²) in [6.07, 6.45) is 10.5. The molecule has 10 heavy (non-hydrogen) atoms. The van der Waals surface area contributed by atoms with Gasteiger partial charge in [0.25, 0.3) is 0 Å². The average Bonchev–Trinajstić information content (AvgIpc) is 1.97. The molecule has 0 bridgehead atoms. The quantitative estimate of drug-likeness (QED) is 0.455. The predicted octanol–water partition coefficient (Wildman–Crippen LogP) is 2.47. The van der Waals surface area contributed by atoms with Crippen LogP contribution in [-0.4, -0.2) is 6.54 Å². The Labute approximate surface area is 63.8 Å². The Morgan fingerprint density at radius 3 is 2.70 bits per heavy atom. The van der Waals surface area contributed by atoms with E-state index < -0.39 is 0 Å². The van der Waals surface area contributed by atoms with Gasteiger partial charge >= 0.3 is 0 Å². The van der Waals surface area contributed by atoms with E-state index >= 15 is 0 Å². The van der Waals surface area contributed by atoms with Crippen molar-refractivity contribution in [1.82, 2.24) is 5.32 Å². The van der Waals surface area contributed by atoms with Crippen molar-refractivity contribution >= 4 is 0 Å². The number of nitrogens with one attached hydrogen (secondary N) is 1. The zero-order chi connectivity index (χ0) is 7.66. The molecule has 0 aliphatic carbocycles. The first-order chi connectivity index (χ1) is 4.91. The van der Waals surface area contributed by atoms with Crippen LogP contribution in [0.2, 0.25) is 0 Å². The Balaban J connectivity index is 3.02. The van der Waals surface area contributed by atoms with Gasteiger partial charge in [-0.1, -0.05) is 25.5 Å². The van der Waals surface area contributed by atoms with E-state index in [1.807, 2.05) is 31.4 Å². The number of unbranched alkanes of at least 4 members (excludes halogenated alkanes) is 1. The van der Waals surface area contributed by atoms with Crippen LogP contribution in [0.15, 0.2) is 24.4 Å². The molecule has 58 valence electrons. The van der Waals surface area contributed by atoms with Crippen LogP contribution < -0.4 is 5.32 Å². The van der Waals surface area contributed by atoms with Crippen molar-refractivity contribution < 1.29 is 0 Å². The molecular formula is C9H17N. The molecule has 0 spiro atoms. The molecule has 0 unspecified atom stereocenters. The van der Waals surface area contributed by atoms with E-state index in [2.05, 4.69) is 12.2 Å². The molecule has 0 saturated carbocycles. The zero-order valence-electron chi connectivity index (χ0n) is 6.93. The van der Waals surface area contributed by atoms with Crippen LogP contribution in [0.3, 0.4) is 0 Å². The lowest BCUT2D eigenvalue weighted by molar-refractivity contribution is 0.735. The van der Waals surface area contributed by atoms with Crippen molar-refractivity contribution in [2.75, 3.05) is 6.54 Å². The summed E-state index contributed by atoms with van der Waals surface area (Å²) in [6.45, 7) is 5.29. The summed E-state index contributed by atoms with van der Waals surface area (Å²) in [7, 11) is 0. The molecule has 0 rings (SSSR count). The van der Waals surface area contributed by atoms with Crippen LogP contribution in [-0.2, 0) is 0 Å². The summed E-state index contributed by atoms with van der Waals surface area (Å²) < 4.78 is 0. The molecule has 1 heteroatoms. The molecule has 0 fully saturated rings. The van der Waals surface area contributed by atoms with E-state index in [4.69, 9.17) is 0 Å². The average molecular weight is 139 g/mol. The van der Waals surface area contributed by atoms with Crippen molar-refractivity contribution in [3.63, 3.8) is 0 Å². The molecule has 0 saturated heterocycles. The van der Waals surface area contributed by atoms with Gasteiger partial charge in [-0.3, -0.25) is 0 Å². The first kappa shape index (κ1) is 9.28. The van der Waals surface area contributed by atoms with Gasteiger partial charge in [-0.2, -0.15) is 0 Å². The maximum absolute atomic E-state index is 3.19. The molecule has 0 aromatic carbocycles. The van der Waals surface area contributed by atoms with Gasteiger partial charge in [-0.15, -0.1) is 0 Å². The minimum absolute atomic E-state index is 1.09. The van der Waals surface area contributed by atoms with Crippen molar-refractivity contribution in [2.45, 2.75) is 26.7 Å². The van der Waals surface area contributed by atoms with Crippen LogP contribution in [0.4, 0.5) is 0 Å². The van der Waals surface area contributed by atoms with Crippen LogP contribution in [0.25, 0.3) is 0 Å². The van der Waals surface area contributed by atoms with Crippen LogP contribution >= 0.6 is 0 Å². The smallest absolute Gasteiger partial charge is 0.0141 e. The van der Waals surface area contributed by atoms with Crippen molar-refractivity contribution in [2.24, 2.45) is 0 Å². The second kappa shape index (κ2) is 8.28. The fourth-order valence-electron chi connectivity index (χ4n) is 0.597. The molecule has 1 N–H and O–H groups in total. The topological polar surface area (TPSA) is 12.0 Å². The normalized spacial score (nSPS) is 11.4. The van der Waals surface area contributed by atoms with Gasteiger partial charge in [0.2, 0.25) is 0 Å². The van der Waals surface area contributed by atoms with Gasteiger partial charge in [0.1, 0.15) is 0 Å². The molecule has 0 atom stereocenters. The summed E-state index contributed by atoms with van der Waals surface area (Å²) in [5, 5.41) is 3.19. The SMILES string of the molecule is C/C=C/C=C\NCCCC. The fourth-order valence-corrected chi connectivity index (χ4v) is 0.597. The Kier molecular flexibility index (Phi) is 7.68. The lowest BCUT2D eigenvalue weighted by atomic mass is 10.3. The van der Waals surface area contributed by atoms with Gasteiger partial charge in [-0.05, 0) is 25.6 Å². The van der Waals surface area contributed by atoms with E-state index in [1.54, 1.807) is 0 Å². The monoisotopic (exact) mass is 139 g/mol. The summed E-state index contributed by atoms with van der Waals surface area (Å²) in [5.41, 5.74) is 0. The second-order valence-electron chi connectivity index (χ2n) is 2.19. The molecule has 0 aromatic rings. The van der Waals surface area contributed by atoms with Crippen LogP contribution in [0, 0.1) is 0 Å². The molecule has 0 aromatic heterocycles. The number of allylic oxidation sites excluding steroid dienone is 3. The molecule has 0 aliphatic rings. The Morgan fingerprint density at radius 2 is 2.10 bits per heavy atom. The highest BCUT2D eigenvalue weighted by Gasteiger charge is 1.76. The van der Waals surface area contributed by atoms with E-state index in [0.29, 0.717) is 0 Å². The summed E-state index contributed by atoms with van der Waals surface area (Å²) >= 11 is 0. The minimum Gasteiger partial charge on any atom is -0.391 e. The predicted molar refractivity (Wildman–Crippen MR) is 46.9 cm³/mol. The van der Waals surface area contributed by atoms with Gasteiger partial charge in [0.15, 0.2) is 0 Å². The first-order valence-electron chi connectivity index (χ1n) is 3.93. The minimum atomic E-state index is 1.09. The van der Waals surface area contributed by atoms with Crippen LogP contribution in [0.5, 0.6) is 0 Å². The third-order valence-electron chi connectivity index (χ3n) is 1.19. The molecule has 0 heterocycles. The first-order valence-corrected chi connectivity index (χ1v) is 3.93. The lowest BCUT2D eigenvalue weighted by Gasteiger charge is -1.94. The third-order valence-corrected chi connectivity index (χ3v) is 1.19. The lowest BCUT2D eigenvalue weighted by Crippen LogP contribution is -2.05. The van der Waals surface area contributed by atoms with Gasteiger partial charge in [0, 0.05) is 6.54 Å². The highest BCUT2D eigenvalue weighted by atomic mass is 14.8. The van der Waals surface area contributed by atoms with Gasteiger partial charge in [0.05, 0.1) is 0 Å². The highest BCUT2D eigenvalue weighted by molar-refractivity contribution is 4.99. The van der Waals surface area contributed by atoms with Crippen molar-refractivity contribution in [3.8, 4) is 0 Å². The Hall–Kier alpha value is -0.720. The fraction of sp³-hybridized carbons (Fsp3) is 0.556. The van der Waals surface area contributed by atoms with Crippen molar-refractivity contribution in [1.29, 1.82) is 0 Å². The van der Waals surface area contributed by atoms with E-state index in [9.17, 15) is 0 Å². The van der Waals surface area contributed by atoms with Crippen LogP contribution in [0.1, 0.15) is 26.7 Å². The summed E-state index contributed by atoms with van der Waals surface area (Å²) in [6, 6.07) is 0. The van der Waals surface area contributed by atoms with E-state index in [1.165, 1.54) is 12.8 Å². The third kappa shape index (κ3) is 7.28. The Morgan fingerprint density at radius 1 is 1.30 bits per heavy atom. The summed E-state index contributed by atoms with van der Waals surface area (Å²) in [5.74, 6) is 0. The molecule has 0 aliphatic heterocycles. The number of hydrogen-bond donors (Lipinski definition) is 1. The Bertz CT molecular complexity index is 103. The molecular weight excluding hydrogens is 122 g/mol. The standard InChI is InChI=1S/C9H17N/c1-3-5-7-9-10-8-6-4-2/h3,5,7,9-10H,4,6,8H2,1-2H3/b5-3+,9-7-. The largest absolute Gasteiger partial charge is 0.391 e. The van der Waals surface area contributed by atoms with E-state index in [-0.39, 0.29) is 0 Å². The van der Waals surface area contributed by atoms with Crippen molar-refractivity contribution in [3.05, 3.63) is 24.4 Å². The van der Waals surface area contributed by atoms with Gasteiger partial charge in [-0.25, -0.2) is 0 Å². The van der Waals surface area contributed by atoms with Gasteiger partial charge < -0.3 is 5.32 Å². The second-order valence-corrected chi connectivity index (χ2v) is 2.19. The molecule has 0 amide bonds.